The molecule has 0 N–H and O–H groups in total. The van der Waals surface area contributed by atoms with E-state index < -0.39 is 0 Å². The van der Waals surface area contributed by atoms with Gasteiger partial charge in [-0.3, -0.25) is 4.79 Å². The van der Waals surface area contributed by atoms with Gasteiger partial charge in [-0.25, -0.2) is 0 Å². The minimum absolute atomic E-state index is 0.0679. The summed E-state index contributed by atoms with van der Waals surface area (Å²) in [5.41, 5.74) is 3.37. The molecule has 0 atom stereocenters. The molecule has 0 aliphatic heterocycles. The third-order valence-electron chi connectivity index (χ3n) is 4.14. The molecule has 1 aromatic heterocycles. The number of carbonyl (C=O) groups excluding carboxylic acids is 1. The van der Waals surface area contributed by atoms with E-state index in [2.05, 4.69) is 30.2 Å². The smallest absolute Gasteiger partial charge is 0.165 e. The van der Waals surface area contributed by atoms with Crippen LogP contribution in [0, 0.1) is 12.3 Å². The van der Waals surface area contributed by atoms with Crippen molar-refractivity contribution in [3.63, 3.8) is 0 Å². The molecule has 21 heavy (non-hydrogen) atoms. The van der Waals surface area contributed by atoms with Crippen molar-refractivity contribution in [3.8, 4) is 0 Å². The van der Waals surface area contributed by atoms with E-state index in [-0.39, 0.29) is 11.2 Å². The molecule has 1 aliphatic rings. The lowest BCUT2D eigenvalue weighted by Crippen LogP contribution is -2.28. The Labute approximate surface area is 128 Å². The minimum Gasteiger partial charge on any atom is -0.378 e. The number of ether oxygens (including phenoxy) is 1. The van der Waals surface area contributed by atoms with E-state index >= 15 is 0 Å². The highest BCUT2D eigenvalue weighted by Crippen LogP contribution is 2.36. The average molecular weight is 292 g/mol. The molecule has 0 saturated carbocycles. The maximum atomic E-state index is 12.3. The number of hydrogen-bond acceptors (Lipinski definition) is 3. The van der Waals surface area contributed by atoms with Crippen molar-refractivity contribution in [2.45, 2.75) is 40.2 Å². The molecule has 118 valence electrons. The second kappa shape index (κ2) is 6.32. The molecule has 0 bridgehead atoms. The Morgan fingerprint density at radius 1 is 1.29 bits per heavy atom. The fourth-order valence-corrected chi connectivity index (χ4v) is 3.02. The lowest BCUT2D eigenvalue weighted by Gasteiger charge is -2.29. The first kappa shape index (κ1) is 16.2. The van der Waals surface area contributed by atoms with Gasteiger partial charge in [0.2, 0.25) is 0 Å². The lowest BCUT2D eigenvalue weighted by atomic mass is 9.76. The summed E-state index contributed by atoms with van der Waals surface area (Å²) in [5, 5.41) is 0. The van der Waals surface area contributed by atoms with Gasteiger partial charge >= 0.3 is 0 Å². The highest BCUT2D eigenvalue weighted by atomic mass is 16.5. The van der Waals surface area contributed by atoms with Crippen molar-refractivity contribution in [1.82, 2.24) is 9.47 Å². The topological polar surface area (TPSA) is 34.5 Å². The van der Waals surface area contributed by atoms with E-state index in [0.717, 1.165) is 31.7 Å². The van der Waals surface area contributed by atoms with Gasteiger partial charge < -0.3 is 14.2 Å². The predicted molar refractivity (Wildman–Crippen MR) is 85.0 cm³/mol. The third-order valence-corrected chi connectivity index (χ3v) is 4.14. The molecular formula is C17H28N2O2. The molecule has 0 radical (unpaired) electrons. The number of hydrogen-bond donors (Lipinski definition) is 0. The van der Waals surface area contributed by atoms with Gasteiger partial charge in [-0.1, -0.05) is 13.8 Å². The average Bonchev–Trinajstić information content (AvgIpc) is 2.65. The van der Waals surface area contributed by atoms with Crippen molar-refractivity contribution in [2.75, 3.05) is 33.9 Å². The molecule has 0 spiro atoms. The van der Waals surface area contributed by atoms with E-state index in [4.69, 9.17) is 4.74 Å². The summed E-state index contributed by atoms with van der Waals surface area (Å²) >= 11 is 0. The normalized spacial score (nSPS) is 17.3. The summed E-state index contributed by atoms with van der Waals surface area (Å²) < 4.78 is 7.96. The van der Waals surface area contributed by atoms with E-state index in [0.29, 0.717) is 13.0 Å². The first-order valence-corrected chi connectivity index (χ1v) is 7.75. The van der Waals surface area contributed by atoms with Gasteiger partial charge in [-0.15, -0.1) is 0 Å². The number of fused-ring (bicyclic) bond motifs is 1. The van der Waals surface area contributed by atoms with Crippen LogP contribution < -0.4 is 0 Å². The van der Waals surface area contributed by atoms with Gasteiger partial charge in [-0.05, 0) is 38.9 Å². The molecule has 4 heteroatoms. The van der Waals surface area contributed by atoms with Crippen LogP contribution in [-0.4, -0.2) is 49.1 Å². The fourth-order valence-electron chi connectivity index (χ4n) is 3.02. The number of aromatic nitrogens is 1. The highest BCUT2D eigenvalue weighted by molar-refractivity contribution is 5.99. The molecule has 2 rings (SSSR count). The van der Waals surface area contributed by atoms with Gasteiger partial charge in [0.1, 0.15) is 0 Å². The molecule has 4 nitrogen and oxygen atoms in total. The van der Waals surface area contributed by atoms with Crippen molar-refractivity contribution in [1.29, 1.82) is 0 Å². The van der Waals surface area contributed by atoms with Crippen LogP contribution in [0.1, 0.15) is 42.0 Å². The van der Waals surface area contributed by atoms with Crippen LogP contribution >= 0.6 is 0 Å². The number of carbonyl (C=O) groups is 1. The van der Waals surface area contributed by atoms with E-state index in [1.807, 2.05) is 20.2 Å². The van der Waals surface area contributed by atoms with Crippen LogP contribution in [-0.2, 0) is 17.7 Å². The summed E-state index contributed by atoms with van der Waals surface area (Å²) in [5.74, 6) is 0.289. The summed E-state index contributed by atoms with van der Waals surface area (Å²) in [7, 11) is 4.09. The number of Topliss-reactive ketones (excluding diaryl/α,β-unsaturated/α-hetero) is 1. The van der Waals surface area contributed by atoms with Crippen LogP contribution in [0.15, 0.2) is 6.07 Å². The summed E-state index contributed by atoms with van der Waals surface area (Å²) in [6, 6.07) is 2.05. The molecular weight excluding hydrogens is 264 g/mol. The number of ketones is 1. The maximum Gasteiger partial charge on any atom is 0.165 e. The zero-order valence-corrected chi connectivity index (χ0v) is 14.0. The monoisotopic (exact) mass is 292 g/mol. The second-order valence-electron chi connectivity index (χ2n) is 7.15. The van der Waals surface area contributed by atoms with E-state index in [1.54, 1.807) is 0 Å². The molecule has 0 unspecified atom stereocenters. The Hall–Kier alpha value is -1.13. The Kier molecular flexibility index (Phi) is 4.89. The summed E-state index contributed by atoms with van der Waals surface area (Å²) in [6.07, 6.45) is 1.63. The Morgan fingerprint density at radius 3 is 2.67 bits per heavy atom. The Balaban J connectivity index is 2.03. The first-order chi connectivity index (χ1) is 9.80. The van der Waals surface area contributed by atoms with Crippen LogP contribution in [0.25, 0.3) is 0 Å². The zero-order valence-electron chi connectivity index (χ0n) is 14.0. The zero-order chi connectivity index (χ0) is 15.6. The van der Waals surface area contributed by atoms with Crippen molar-refractivity contribution < 1.29 is 9.53 Å². The second-order valence-corrected chi connectivity index (χ2v) is 7.15. The predicted octanol–water partition coefficient (Wildman–Crippen LogP) is 2.53. The van der Waals surface area contributed by atoms with Crippen LogP contribution in [0.5, 0.6) is 0 Å². The van der Waals surface area contributed by atoms with Crippen LogP contribution in [0.3, 0.4) is 0 Å². The standard InChI is InChI=1S/C17H28N2O2/c1-13-10-14-15(11-17(2,3)12-16(14)20)19(13)7-9-21-8-6-18(4)5/h10H,6-9,11-12H2,1-5H3. The maximum absolute atomic E-state index is 12.3. The number of likely N-dealkylation sites (N-methyl/N-ethyl adjacent to an activating group) is 1. The molecule has 1 heterocycles. The third kappa shape index (κ3) is 3.95. The van der Waals surface area contributed by atoms with Gasteiger partial charge in [0, 0.05) is 36.5 Å². The molecule has 1 aliphatic carbocycles. The number of aryl methyl sites for hydroxylation is 1. The van der Waals surface area contributed by atoms with Crippen molar-refractivity contribution in [2.24, 2.45) is 5.41 Å². The molecule has 1 aromatic rings. The molecule has 0 amide bonds. The van der Waals surface area contributed by atoms with Crippen LogP contribution in [0.4, 0.5) is 0 Å². The number of nitrogens with zero attached hydrogens (tertiary/aromatic N) is 2. The summed E-state index contributed by atoms with van der Waals surface area (Å²) in [4.78, 5) is 14.4. The van der Waals surface area contributed by atoms with Gasteiger partial charge in [0.05, 0.1) is 13.2 Å². The van der Waals surface area contributed by atoms with Crippen molar-refractivity contribution in [3.05, 3.63) is 23.0 Å². The van der Waals surface area contributed by atoms with E-state index in [1.165, 1.54) is 11.4 Å². The molecule has 0 aromatic carbocycles. The minimum atomic E-state index is 0.0679. The Morgan fingerprint density at radius 2 is 2.00 bits per heavy atom. The SMILES string of the molecule is Cc1cc2c(n1CCOCCN(C)C)CC(C)(C)CC2=O. The number of rotatable bonds is 6. The van der Waals surface area contributed by atoms with Crippen LogP contribution in [0.2, 0.25) is 0 Å². The molecule has 0 fully saturated rings. The fraction of sp³-hybridized carbons (Fsp3) is 0.706. The van der Waals surface area contributed by atoms with E-state index in [9.17, 15) is 4.79 Å². The quantitative estimate of drug-likeness (QED) is 0.756. The molecule has 0 saturated heterocycles. The largest absolute Gasteiger partial charge is 0.378 e. The van der Waals surface area contributed by atoms with Gasteiger partial charge in [0.25, 0.3) is 0 Å². The van der Waals surface area contributed by atoms with Gasteiger partial charge in [0.15, 0.2) is 5.78 Å². The Bertz CT molecular complexity index is 515. The van der Waals surface area contributed by atoms with Crippen molar-refractivity contribution >= 4 is 5.78 Å². The van der Waals surface area contributed by atoms with Gasteiger partial charge in [-0.2, -0.15) is 0 Å². The summed E-state index contributed by atoms with van der Waals surface area (Å²) in [6.45, 7) is 9.65. The first-order valence-electron chi connectivity index (χ1n) is 7.75. The lowest BCUT2D eigenvalue weighted by molar-refractivity contribution is 0.0904. The highest BCUT2D eigenvalue weighted by Gasteiger charge is 2.33.